The summed E-state index contributed by atoms with van der Waals surface area (Å²) in [7, 11) is -3.40. The second kappa shape index (κ2) is 5.55. The van der Waals surface area contributed by atoms with Crippen LogP contribution in [0.2, 0.25) is 5.15 Å². The van der Waals surface area contributed by atoms with Gasteiger partial charge in [-0.2, -0.15) is 4.31 Å². The maximum absolute atomic E-state index is 12.7. The van der Waals surface area contributed by atoms with Crippen LogP contribution in [-0.2, 0) is 10.0 Å². The second-order valence-corrected chi connectivity index (χ2v) is 7.71. The molecule has 0 atom stereocenters. The summed E-state index contributed by atoms with van der Waals surface area (Å²) in [4.78, 5) is 4.60. The van der Waals surface area contributed by atoms with Crippen molar-refractivity contribution in [2.24, 2.45) is 0 Å². The third kappa shape index (κ3) is 2.78. The molecule has 2 aromatic rings. The number of hydrogen-bond donors (Lipinski definition) is 0. The predicted octanol–water partition coefficient (Wildman–Crippen LogP) is 3.37. The molecule has 0 bridgehead atoms. The molecule has 2 heterocycles. The zero-order chi connectivity index (χ0) is 15.0. The number of nitrogens with zero attached hydrogens (tertiary/aromatic N) is 2. The first kappa shape index (κ1) is 14.8. The molecular weight excluding hydrogens is 308 g/mol. The highest BCUT2D eigenvalue weighted by atomic mass is 35.5. The Morgan fingerprint density at radius 2 is 1.86 bits per heavy atom. The van der Waals surface area contributed by atoms with Crippen molar-refractivity contribution in [3.8, 4) is 0 Å². The third-order valence-electron chi connectivity index (χ3n) is 3.87. The molecule has 21 heavy (non-hydrogen) atoms. The molecule has 0 unspecified atom stereocenters. The van der Waals surface area contributed by atoms with Crippen LogP contribution < -0.4 is 0 Å². The number of aryl methyl sites for hydroxylation is 1. The number of pyridine rings is 1. The van der Waals surface area contributed by atoms with Gasteiger partial charge in [0.25, 0.3) is 0 Å². The number of benzene rings is 1. The lowest BCUT2D eigenvalue weighted by Gasteiger charge is -2.25. The Kier molecular flexibility index (Phi) is 3.90. The quantitative estimate of drug-likeness (QED) is 0.796. The first-order valence-corrected chi connectivity index (χ1v) is 8.87. The molecule has 0 spiro atoms. The standard InChI is InChI=1S/C15H17ClN2O2S/c1-11-9-12-10-13(5-6-14(12)17-15(11)16)21(19,20)18-7-3-2-4-8-18/h5-6,9-10H,2-4,7-8H2,1H3. The van der Waals surface area contributed by atoms with Gasteiger partial charge in [-0.1, -0.05) is 18.0 Å². The number of rotatable bonds is 2. The summed E-state index contributed by atoms with van der Waals surface area (Å²) in [5.41, 5.74) is 1.56. The van der Waals surface area contributed by atoms with E-state index in [9.17, 15) is 8.42 Å². The van der Waals surface area contributed by atoms with Gasteiger partial charge in [0.2, 0.25) is 10.0 Å². The zero-order valence-electron chi connectivity index (χ0n) is 11.8. The third-order valence-corrected chi connectivity index (χ3v) is 6.15. The Bertz CT molecular complexity index is 784. The van der Waals surface area contributed by atoms with Crippen LogP contribution in [0.1, 0.15) is 24.8 Å². The SMILES string of the molecule is Cc1cc2cc(S(=O)(=O)N3CCCCC3)ccc2nc1Cl. The molecule has 1 fully saturated rings. The summed E-state index contributed by atoms with van der Waals surface area (Å²) in [6.07, 6.45) is 2.97. The molecule has 1 aliphatic rings. The second-order valence-electron chi connectivity index (χ2n) is 5.42. The lowest BCUT2D eigenvalue weighted by atomic mass is 10.2. The molecule has 0 aliphatic carbocycles. The molecule has 0 radical (unpaired) electrons. The van der Waals surface area contributed by atoms with Crippen molar-refractivity contribution < 1.29 is 8.42 Å². The minimum Gasteiger partial charge on any atom is -0.236 e. The van der Waals surface area contributed by atoms with E-state index in [1.807, 2.05) is 13.0 Å². The molecule has 0 amide bonds. The topological polar surface area (TPSA) is 50.3 Å². The van der Waals surface area contributed by atoms with E-state index in [0.717, 1.165) is 30.2 Å². The minimum atomic E-state index is -3.40. The summed E-state index contributed by atoms with van der Waals surface area (Å²) >= 11 is 6.00. The van der Waals surface area contributed by atoms with Crippen LogP contribution in [-0.4, -0.2) is 30.8 Å². The van der Waals surface area contributed by atoms with E-state index >= 15 is 0 Å². The highest BCUT2D eigenvalue weighted by Crippen LogP contribution is 2.25. The fourth-order valence-electron chi connectivity index (χ4n) is 2.65. The monoisotopic (exact) mass is 324 g/mol. The highest BCUT2D eigenvalue weighted by molar-refractivity contribution is 7.89. The van der Waals surface area contributed by atoms with E-state index < -0.39 is 10.0 Å². The fourth-order valence-corrected chi connectivity index (χ4v) is 4.35. The van der Waals surface area contributed by atoms with E-state index in [-0.39, 0.29) is 0 Å². The van der Waals surface area contributed by atoms with Crippen LogP contribution >= 0.6 is 11.6 Å². The number of hydrogen-bond acceptors (Lipinski definition) is 3. The van der Waals surface area contributed by atoms with Crippen LogP contribution in [0.5, 0.6) is 0 Å². The summed E-state index contributed by atoms with van der Waals surface area (Å²) < 4.78 is 26.9. The molecule has 112 valence electrons. The highest BCUT2D eigenvalue weighted by Gasteiger charge is 2.26. The molecule has 4 nitrogen and oxygen atoms in total. The summed E-state index contributed by atoms with van der Waals surface area (Å²) in [5.74, 6) is 0. The molecule has 1 aromatic carbocycles. The molecule has 1 aromatic heterocycles. The first-order chi connectivity index (χ1) is 9.98. The summed E-state index contributed by atoms with van der Waals surface area (Å²) in [5, 5.41) is 1.25. The van der Waals surface area contributed by atoms with Crippen molar-refractivity contribution in [1.82, 2.24) is 9.29 Å². The number of halogens is 1. The molecule has 1 aliphatic heterocycles. The van der Waals surface area contributed by atoms with E-state index in [2.05, 4.69) is 4.98 Å². The van der Waals surface area contributed by atoms with Gasteiger partial charge in [0.1, 0.15) is 5.15 Å². The molecule has 0 saturated carbocycles. The molecule has 0 N–H and O–H groups in total. The van der Waals surface area contributed by atoms with Crippen LogP contribution in [0.15, 0.2) is 29.2 Å². The maximum atomic E-state index is 12.7. The van der Waals surface area contributed by atoms with Gasteiger partial charge in [0.15, 0.2) is 0 Å². The average molecular weight is 325 g/mol. The molecule has 3 rings (SSSR count). The van der Waals surface area contributed by atoms with Crippen molar-refractivity contribution in [1.29, 1.82) is 0 Å². The Morgan fingerprint density at radius 1 is 1.14 bits per heavy atom. The predicted molar refractivity (Wildman–Crippen MR) is 84.1 cm³/mol. The maximum Gasteiger partial charge on any atom is 0.243 e. The zero-order valence-corrected chi connectivity index (χ0v) is 13.4. The van der Waals surface area contributed by atoms with Crippen LogP contribution in [0.25, 0.3) is 10.9 Å². The Morgan fingerprint density at radius 3 is 2.57 bits per heavy atom. The molecule has 1 saturated heterocycles. The van der Waals surface area contributed by atoms with Gasteiger partial charge in [-0.3, -0.25) is 0 Å². The smallest absolute Gasteiger partial charge is 0.236 e. The van der Waals surface area contributed by atoms with Crippen molar-refractivity contribution >= 4 is 32.5 Å². The molecular formula is C15H17ClN2O2S. The average Bonchev–Trinajstić information content (AvgIpc) is 2.49. The summed E-state index contributed by atoms with van der Waals surface area (Å²) in [6.45, 7) is 3.08. The number of fused-ring (bicyclic) bond motifs is 1. The van der Waals surface area contributed by atoms with Crippen molar-refractivity contribution in [2.45, 2.75) is 31.1 Å². The fraction of sp³-hybridized carbons (Fsp3) is 0.400. The number of aromatic nitrogens is 1. The van der Waals surface area contributed by atoms with E-state index in [1.54, 1.807) is 22.5 Å². The van der Waals surface area contributed by atoms with Gasteiger partial charge in [-0.15, -0.1) is 0 Å². The largest absolute Gasteiger partial charge is 0.243 e. The van der Waals surface area contributed by atoms with Crippen molar-refractivity contribution in [3.63, 3.8) is 0 Å². The molecule has 6 heteroatoms. The van der Waals surface area contributed by atoms with Gasteiger partial charge in [-0.05, 0) is 49.6 Å². The number of piperidine rings is 1. The van der Waals surface area contributed by atoms with E-state index in [0.29, 0.717) is 28.7 Å². The lowest BCUT2D eigenvalue weighted by Crippen LogP contribution is -2.35. The van der Waals surface area contributed by atoms with E-state index in [1.165, 1.54) is 0 Å². The Hall–Kier alpha value is -1.17. The summed E-state index contributed by atoms with van der Waals surface area (Å²) in [6, 6.07) is 6.90. The van der Waals surface area contributed by atoms with Gasteiger partial charge >= 0.3 is 0 Å². The van der Waals surface area contributed by atoms with Gasteiger partial charge < -0.3 is 0 Å². The first-order valence-electron chi connectivity index (χ1n) is 7.05. The normalized spacial score (nSPS) is 17.2. The van der Waals surface area contributed by atoms with E-state index in [4.69, 9.17) is 11.6 Å². The van der Waals surface area contributed by atoms with Gasteiger partial charge in [-0.25, -0.2) is 13.4 Å². The number of sulfonamides is 1. The van der Waals surface area contributed by atoms with Crippen LogP contribution in [0.4, 0.5) is 0 Å². The van der Waals surface area contributed by atoms with Gasteiger partial charge in [0, 0.05) is 18.5 Å². The lowest BCUT2D eigenvalue weighted by molar-refractivity contribution is 0.346. The van der Waals surface area contributed by atoms with Crippen molar-refractivity contribution in [3.05, 3.63) is 35.0 Å². The van der Waals surface area contributed by atoms with Gasteiger partial charge in [0.05, 0.1) is 10.4 Å². The van der Waals surface area contributed by atoms with Crippen LogP contribution in [0.3, 0.4) is 0 Å². The minimum absolute atomic E-state index is 0.334. The Labute approximate surface area is 129 Å². The Balaban J connectivity index is 2.05. The van der Waals surface area contributed by atoms with Crippen molar-refractivity contribution in [2.75, 3.05) is 13.1 Å². The van der Waals surface area contributed by atoms with Crippen LogP contribution in [0, 0.1) is 6.92 Å².